The van der Waals surface area contributed by atoms with Crippen molar-refractivity contribution in [2.45, 2.75) is 26.3 Å². The van der Waals surface area contributed by atoms with Gasteiger partial charge in [-0.25, -0.2) is 0 Å². The van der Waals surface area contributed by atoms with Crippen molar-refractivity contribution in [3.8, 4) is 0 Å². The molecule has 1 N–H and O–H groups in total. The van der Waals surface area contributed by atoms with Crippen LogP contribution in [0.4, 0.5) is 0 Å². The molecule has 0 saturated carbocycles. The number of aryl methyl sites for hydroxylation is 3. The van der Waals surface area contributed by atoms with Gasteiger partial charge in [0.25, 0.3) is 0 Å². The zero-order chi connectivity index (χ0) is 13.1. The molecule has 0 amide bonds. The standard InChI is InChI=1S/C14H20N4/c1-10-5-6-11(2)13(7-10)14(15-3)8-12-9-18(4)17-16-12/h5-7,9,14-15H,8H2,1-4H3. The highest BCUT2D eigenvalue weighted by Gasteiger charge is 2.14. The summed E-state index contributed by atoms with van der Waals surface area (Å²) >= 11 is 0. The fraction of sp³-hybridized carbons (Fsp3) is 0.429. The van der Waals surface area contributed by atoms with Gasteiger partial charge < -0.3 is 5.32 Å². The van der Waals surface area contributed by atoms with E-state index in [-0.39, 0.29) is 6.04 Å². The first-order valence-corrected chi connectivity index (χ1v) is 6.19. The second-order valence-corrected chi connectivity index (χ2v) is 4.79. The van der Waals surface area contributed by atoms with Gasteiger partial charge in [-0.05, 0) is 32.0 Å². The van der Waals surface area contributed by atoms with Crippen molar-refractivity contribution >= 4 is 0 Å². The third kappa shape index (κ3) is 2.76. The van der Waals surface area contributed by atoms with Crippen LogP contribution in [0.5, 0.6) is 0 Å². The molecule has 2 aromatic rings. The van der Waals surface area contributed by atoms with Gasteiger partial charge in [0.15, 0.2) is 0 Å². The third-order valence-electron chi connectivity index (χ3n) is 3.22. The van der Waals surface area contributed by atoms with Gasteiger partial charge in [-0.3, -0.25) is 4.68 Å². The van der Waals surface area contributed by atoms with Gasteiger partial charge in [0.1, 0.15) is 0 Å². The highest BCUT2D eigenvalue weighted by Crippen LogP contribution is 2.21. The van der Waals surface area contributed by atoms with Crippen LogP contribution in [-0.2, 0) is 13.5 Å². The summed E-state index contributed by atoms with van der Waals surface area (Å²) < 4.78 is 1.74. The molecule has 2 rings (SSSR count). The molecule has 4 heteroatoms. The predicted octanol–water partition coefficient (Wildman–Crippen LogP) is 1.94. The highest BCUT2D eigenvalue weighted by atomic mass is 15.4. The molecule has 0 aliphatic heterocycles. The van der Waals surface area contributed by atoms with Crippen molar-refractivity contribution in [1.29, 1.82) is 0 Å². The maximum atomic E-state index is 4.15. The second kappa shape index (κ2) is 5.31. The molecule has 0 bridgehead atoms. The van der Waals surface area contributed by atoms with E-state index in [0.29, 0.717) is 0 Å². The summed E-state index contributed by atoms with van der Waals surface area (Å²) in [6, 6.07) is 6.84. The van der Waals surface area contributed by atoms with E-state index in [0.717, 1.165) is 12.1 Å². The molecule has 1 unspecified atom stereocenters. The lowest BCUT2D eigenvalue weighted by Gasteiger charge is -2.18. The van der Waals surface area contributed by atoms with Gasteiger partial charge in [-0.15, -0.1) is 5.10 Å². The summed E-state index contributed by atoms with van der Waals surface area (Å²) in [6.07, 6.45) is 2.82. The number of hydrogen-bond acceptors (Lipinski definition) is 3. The number of rotatable bonds is 4. The van der Waals surface area contributed by atoms with E-state index in [4.69, 9.17) is 0 Å². The maximum absolute atomic E-state index is 4.15. The first-order valence-electron chi connectivity index (χ1n) is 6.19. The fourth-order valence-corrected chi connectivity index (χ4v) is 2.20. The van der Waals surface area contributed by atoms with E-state index >= 15 is 0 Å². The Bertz CT molecular complexity index is 530. The van der Waals surface area contributed by atoms with Crippen LogP contribution >= 0.6 is 0 Å². The summed E-state index contributed by atoms with van der Waals surface area (Å²) in [6.45, 7) is 4.27. The monoisotopic (exact) mass is 244 g/mol. The van der Waals surface area contributed by atoms with Gasteiger partial charge >= 0.3 is 0 Å². The van der Waals surface area contributed by atoms with Crippen molar-refractivity contribution in [3.05, 3.63) is 46.8 Å². The molecule has 0 radical (unpaired) electrons. The Hall–Kier alpha value is -1.68. The lowest BCUT2D eigenvalue weighted by molar-refractivity contribution is 0.580. The van der Waals surface area contributed by atoms with E-state index in [1.807, 2.05) is 20.3 Å². The van der Waals surface area contributed by atoms with Gasteiger partial charge in [-0.2, -0.15) is 0 Å². The maximum Gasteiger partial charge on any atom is 0.0845 e. The van der Waals surface area contributed by atoms with Crippen LogP contribution in [0.15, 0.2) is 24.4 Å². The van der Waals surface area contributed by atoms with Crippen LogP contribution in [0.2, 0.25) is 0 Å². The van der Waals surface area contributed by atoms with Crippen molar-refractivity contribution in [3.63, 3.8) is 0 Å². The Morgan fingerprint density at radius 3 is 2.72 bits per heavy atom. The van der Waals surface area contributed by atoms with E-state index in [9.17, 15) is 0 Å². The summed E-state index contributed by atoms with van der Waals surface area (Å²) in [5.41, 5.74) is 4.94. The van der Waals surface area contributed by atoms with E-state index in [1.165, 1.54) is 16.7 Å². The minimum Gasteiger partial charge on any atom is -0.313 e. The van der Waals surface area contributed by atoms with Gasteiger partial charge in [0.05, 0.1) is 5.69 Å². The lowest BCUT2D eigenvalue weighted by atomic mass is 9.96. The van der Waals surface area contributed by atoms with Crippen molar-refractivity contribution in [2.75, 3.05) is 7.05 Å². The minimum atomic E-state index is 0.279. The average molecular weight is 244 g/mol. The average Bonchev–Trinajstić information content (AvgIpc) is 2.75. The quantitative estimate of drug-likeness (QED) is 0.893. The van der Waals surface area contributed by atoms with Gasteiger partial charge in [-0.1, -0.05) is 29.0 Å². The summed E-state index contributed by atoms with van der Waals surface area (Å²) in [7, 11) is 3.88. The molecule has 4 nitrogen and oxygen atoms in total. The molecule has 18 heavy (non-hydrogen) atoms. The van der Waals surface area contributed by atoms with Gasteiger partial charge in [0, 0.05) is 25.7 Å². The molecule has 0 aliphatic rings. The molecule has 1 aromatic heterocycles. The third-order valence-corrected chi connectivity index (χ3v) is 3.22. The largest absolute Gasteiger partial charge is 0.313 e. The van der Waals surface area contributed by atoms with Crippen LogP contribution in [0.25, 0.3) is 0 Å². The van der Waals surface area contributed by atoms with Crippen LogP contribution in [0.1, 0.15) is 28.4 Å². The molecule has 0 spiro atoms. The first kappa shape index (κ1) is 12.8. The van der Waals surface area contributed by atoms with Crippen molar-refractivity contribution < 1.29 is 0 Å². The Morgan fingerprint density at radius 2 is 2.11 bits per heavy atom. The zero-order valence-electron chi connectivity index (χ0n) is 11.4. The molecule has 1 aromatic carbocycles. The second-order valence-electron chi connectivity index (χ2n) is 4.79. The van der Waals surface area contributed by atoms with Gasteiger partial charge in [0.2, 0.25) is 0 Å². The SMILES string of the molecule is CNC(Cc1cn(C)nn1)c1cc(C)ccc1C. The summed E-state index contributed by atoms with van der Waals surface area (Å²) in [5.74, 6) is 0. The van der Waals surface area contributed by atoms with Crippen molar-refractivity contribution in [1.82, 2.24) is 20.3 Å². The van der Waals surface area contributed by atoms with E-state index < -0.39 is 0 Å². The zero-order valence-corrected chi connectivity index (χ0v) is 11.4. The first-order chi connectivity index (χ1) is 8.60. The predicted molar refractivity (Wildman–Crippen MR) is 72.4 cm³/mol. The Labute approximate surface area is 108 Å². The molecular formula is C14H20N4. The number of aromatic nitrogens is 3. The summed E-state index contributed by atoms with van der Waals surface area (Å²) in [5, 5.41) is 11.5. The Balaban J connectivity index is 2.25. The lowest BCUT2D eigenvalue weighted by Crippen LogP contribution is -2.20. The molecule has 1 atom stereocenters. The number of benzene rings is 1. The molecule has 0 fully saturated rings. The molecule has 0 saturated heterocycles. The van der Waals surface area contributed by atoms with E-state index in [2.05, 4.69) is 47.7 Å². The normalized spacial score (nSPS) is 12.7. The Morgan fingerprint density at radius 1 is 1.33 bits per heavy atom. The van der Waals surface area contributed by atoms with Crippen LogP contribution in [-0.4, -0.2) is 22.0 Å². The van der Waals surface area contributed by atoms with Crippen LogP contribution in [0.3, 0.4) is 0 Å². The Kier molecular flexibility index (Phi) is 3.77. The topological polar surface area (TPSA) is 42.7 Å². The number of nitrogens with zero attached hydrogens (tertiary/aromatic N) is 3. The minimum absolute atomic E-state index is 0.279. The van der Waals surface area contributed by atoms with E-state index in [1.54, 1.807) is 4.68 Å². The summed E-state index contributed by atoms with van der Waals surface area (Å²) in [4.78, 5) is 0. The molecule has 0 aliphatic carbocycles. The smallest absolute Gasteiger partial charge is 0.0845 e. The number of hydrogen-bond donors (Lipinski definition) is 1. The molecular weight excluding hydrogens is 224 g/mol. The number of nitrogens with one attached hydrogen (secondary N) is 1. The molecule has 96 valence electrons. The van der Waals surface area contributed by atoms with Crippen LogP contribution in [0, 0.1) is 13.8 Å². The fourth-order valence-electron chi connectivity index (χ4n) is 2.20. The number of likely N-dealkylation sites (N-methyl/N-ethyl adjacent to an activating group) is 1. The van der Waals surface area contributed by atoms with Crippen LogP contribution < -0.4 is 5.32 Å². The van der Waals surface area contributed by atoms with Crippen molar-refractivity contribution in [2.24, 2.45) is 7.05 Å². The molecule has 1 heterocycles. The highest BCUT2D eigenvalue weighted by molar-refractivity contribution is 5.33.